The number of guanidine groups is 1. The van der Waals surface area contributed by atoms with Crippen molar-refractivity contribution in [1.29, 1.82) is 0 Å². The molecular formula is C16H25ClIN3. The van der Waals surface area contributed by atoms with Crippen LogP contribution in [-0.4, -0.2) is 26.1 Å². The summed E-state index contributed by atoms with van der Waals surface area (Å²) in [5.74, 6) is 1.73. The average Bonchev–Trinajstić information content (AvgIpc) is 3.23. The molecule has 0 saturated heterocycles. The first-order chi connectivity index (χ1) is 9.51. The van der Waals surface area contributed by atoms with Gasteiger partial charge in [-0.05, 0) is 36.5 Å². The highest BCUT2D eigenvalue weighted by Gasteiger charge is 2.23. The maximum atomic E-state index is 5.94. The summed E-state index contributed by atoms with van der Waals surface area (Å²) < 4.78 is 0. The fourth-order valence-corrected chi connectivity index (χ4v) is 2.22. The van der Waals surface area contributed by atoms with Crippen molar-refractivity contribution in [2.75, 3.05) is 20.1 Å². The van der Waals surface area contributed by atoms with E-state index in [9.17, 15) is 0 Å². The molecule has 1 aromatic carbocycles. The van der Waals surface area contributed by atoms with Crippen LogP contribution in [0, 0.1) is 5.92 Å². The second kappa shape index (κ2) is 8.22. The summed E-state index contributed by atoms with van der Waals surface area (Å²) in [6, 6.07) is 8.06. The topological polar surface area (TPSA) is 36.4 Å². The van der Waals surface area contributed by atoms with Crippen molar-refractivity contribution in [2.24, 2.45) is 10.9 Å². The van der Waals surface area contributed by atoms with Crippen molar-refractivity contribution in [3.8, 4) is 0 Å². The molecule has 3 nitrogen and oxygen atoms in total. The van der Waals surface area contributed by atoms with Crippen molar-refractivity contribution in [3.63, 3.8) is 0 Å². The summed E-state index contributed by atoms with van der Waals surface area (Å²) in [5, 5.41) is 7.57. The highest BCUT2D eigenvalue weighted by atomic mass is 127. The molecule has 0 aromatic heterocycles. The number of aliphatic imine (C=N–C) groups is 1. The van der Waals surface area contributed by atoms with E-state index in [1.165, 1.54) is 18.4 Å². The predicted octanol–water partition coefficient (Wildman–Crippen LogP) is 3.81. The van der Waals surface area contributed by atoms with Crippen LogP contribution in [0.4, 0.5) is 0 Å². The van der Waals surface area contributed by atoms with Gasteiger partial charge in [-0.2, -0.15) is 0 Å². The zero-order chi connectivity index (χ0) is 14.6. The lowest BCUT2D eigenvalue weighted by Crippen LogP contribution is -2.44. The van der Waals surface area contributed by atoms with Crippen LogP contribution in [0.15, 0.2) is 29.3 Å². The molecule has 0 unspecified atom stereocenters. The van der Waals surface area contributed by atoms with E-state index >= 15 is 0 Å². The molecule has 1 aromatic rings. The van der Waals surface area contributed by atoms with E-state index < -0.39 is 0 Å². The first-order valence-electron chi connectivity index (χ1n) is 7.22. The molecule has 2 rings (SSSR count). The molecule has 0 heterocycles. The molecule has 21 heavy (non-hydrogen) atoms. The fourth-order valence-electron chi connectivity index (χ4n) is 2.09. The maximum absolute atomic E-state index is 5.94. The van der Waals surface area contributed by atoms with E-state index in [-0.39, 0.29) is 29.4 Å². The number of nitrogens with zero attached hydrogens (tertiary/aromatic N) is 1. The quantitative estimate of drug-likeness (QED) is 0.431. The number of benzene rings is 1. The molecule has 118 valence electrons. The monoisotopic (exact) mass is 421 g/mol. The number of hydrogen-bond donors (Lipinski definition) is 2. The largest absolute Gasteiger partial charge is 0.356 e. The van der Waals surface area contributed by atoms with E-state index in [1.54, 1.807) is 0 Å². The first kappa shape index (κ1) is 18.6. The van der Waals surface area contributed by atoms with E-state index in [2.05, 4.69) is 41.6 Å². The fraction of sp³-hybridized carbons (Fsp3) is 0.562. The summed E-state index contributed by atoms with van der Waals surface area (Å²) in [7, 11) is 1.82. The average molecular weight is 422 g/mol. The summed E-state index contributed by atoms with van der Waals surface area (Å²) in [5.41, 5.74) is 1.30. The Morgan fingerprint density at radius 2 is 1.86 bits per heavy atom. The van der Waals surface area contributed by atoms with Crippen LogP contribution in [-0.2, 0) is 5.41 Å². The summed E-state index contributed by atoms with van der Waals surface area (Å²) >= 11 is 5.94. The Morgan fingerprint density at radius 3 is 2.38 bits per heavy atom. The van der Waals surface area contributed by atoms with Crippen molar-refractivity contribution >= 4 is 41.5 Å². The molecule has 0 amide bonds. The van der Waals surface area contributed by atoms with Crippen LogP contribution in [0.1, 0.15) is 32.3 Å². The minimum Gasteiger partial charge on any atom is -0.356 e. The third-order valence-electron chi connectivity index (χ3n) is 3.80. The van der Waals surface area contributed by atoms with E-state index in [0.717, 1.165) is 30.0 Å². The van der Waals surface area contributed by atoms with Gasteiger partial charge in [-0.1, -0.05) is 37.6 Å². The van der Waals surface area contributed by atoms with Crippen LogP contribution in [0.2, 0.25) is 5.02 Å². The Bertz CT molecular complexity index is 467. The van der Waals surface area contributed by atoms with Gasteiger partial charge < -0.3 is 10.6 Å². The Hall–Kier alpha value is -0.490. The molecule has 0 radical (unpaired) electrons. The van der Waals surface area contributed by atoms with Gasteiger partial charge in [-0.15, -0.1) is 24.0 Å². The lowest BCUT2D eigenvalue weighted by atomic mass is 9.85. The second-order valence-electron chi connectivity index (χ2n) is 6.14. The normalized spacial score (nSPS) is 15.3. The lowest BCUT2D eigenvalue weighted by Gasteiger charge is -2.27. The molecule has 0 atom stereocenters. The highest BCUT2D eigenvalue weighted by Crippen LogP contribution is 2.27. The molecule has 1 saturated carbocycles. The molecule has 1 aliphatic rings. The van der Waals surface area contributed by atoms with Crippen LogP contribution in [0.3, 0.4) is 0 Å². The molecule has 1 fully saturated rings. The molecule has 2 N–H and O–H groups in total. The molecule has 5 heteroatoms. The van der Waals surface area contributed by atoms with Crippen LogP contribution < -0.4 is 10.6 Å². The predicted molar refractivity (Wildman–Crippen MR) is 102 cm³/mol. The maximum Gasteiger partial charge on any atom is 0.191 e. The van der Waals surface area contributed by atoms with Gasteiger partial charge in [-0.25, -0.2) is 0 Å². The Labute approximate surface area is 150 Å². The first-order valence-corrected chi connectivity index (χ1v) is 7.59. The minimum absolute atomic E-state index is 0. The Balaban J connectivity index is 0.00000220. The number of nitrogens with one attached hydrogen (secondary N) is 2. The van der Waals surface area contributed by atoms with Crippen LogP contribution >= 0.6 is 35.6 Å². The summed E-state index contributed by atoms with van der Waals surface area (Å²) in [4.78, 5) is 4.27. The zero-order valence-electron chi connectivity index (χ0n) is 12.9. The third-order valence-corrected chi connectivity index (χ3v) is 4.05. The molecule has 0 bridgehead atoms. The zero-order valence-corrected chi connectivity index (χ0v) is 16.0. The SMILES string of the molecule is CN=C(NCC1CC1)NCC(C)(C)c1ccc(Cl)cc1.I. The standard InChI is InChI=1S/C16H24ClN3.HI/c1-16(2,13-6-8-14(17)9-7-13)11-20-15(18-3)19-10-12-4-5-12;/h6-9,12H,4-5,10-11H2,1-3H3,(H2,18,19,20);1H. The van der Waals surface area contributed by atoms with Gasteiger partial charge in [0.2, 0.25) is 0 Å². The number of halogens is 2. The van der Waals surface area contributed by atoms with Gasteiger partial charge in [-0.3, -0.25) is 4.99 Å². The minimum atomic E-state index is 0. The molecular weight excluding hydrogens is 397 g/mol. The van der Waals surface area contributed by atoms with Crippen molar-refractivity contribution in [1.82, 2.24) is 10.6 Å². The molecule has 1 aliphatic carbocycles. The number of hydrogen-bond acceptors (Lipinski definition) is 1. The van der Waals surface area contributed by atoms with Gasteiger partial charge in [0.1, 0.15) is 0 Å². The lowest BCUT2D eigenvalue weighted by molar-refractivity contribution is 0.508. The summed E-state index contributed by atoms with van der Waals surface area (Å²) in [6.07, 6.45) is 2.69. The Kier molecular flexibility index (Phi) is 7.27. The number of rotatable bonds is 5. The van der Waals surface area contributed by atoms with Crippen molar-refractivity contribution in [3.05, 3.63) is 34.9 Å². The van der Waals surface area contributed by atoms with E-state index in [4.69, 9.17) is 11.6 Å². The van der Waals surface area contributed by atoms with Gasteiger partial charge in [0.15, 0.2) is 5.96 Å². The third kappa shape index (κ3) is 6.02. The Morgan fingerprint density at radius 1 is 1.24 bits per heavy atom. The highest BCUT2D eigenvalue weighted by molar-refractivity contribution is 14.0. The van der Waals surface area contributed by atoms with E-state index in [0.29, 0.717) is 0 Å². The second-order valence-corrected chi connectivity index (χ2v) is 6.58. The van der Waals surface area contributed by atoms with Gasteiger partial charge in [0.25, 0.3) is 0 Å². The van der Waals surface area contributed by atoms with Crippen molar-refractivity contribution in [2.45, 2.75) is 32.1 Å². The van der Waals surface area contributed by atoms with Gasteiger partial charge >= 0.3 is 0 Å². The van der Waals surface area contributed by atoms with Crippen LogP contribution in [0.5, 0.6) is 0 Å². The van der Waals surface area contributed by atoms with Crippen molar-refractivity contribution < 1.29 is 0 Å². The smallest absolute Gasteiger partial charge is 0.191 e. The molecule has 0 aliphatic heterocycles. The molecule has 0 spiro atoms. The van der Waals surface area contributed by atoms with Crippen LogP contribution in [0.25, 0.3) is 0 Å². The summed E-state index contributed by atoms with van der Waals surface area (Å²) in [6.45, 7) is 6.30. The van der Waals surface area contributed by atoms with Gasteiger partial charge in [0, 0.05) is 30.6 Å². The van der Waals surface area contributed by atoms with Gasteiger partial charge in [0.05, 0.1) is 0 Å². The van der Waals surface area contributed by atoms with E-state index in [1.807, 2.05) is 19.2 Å².